The third-order valence-corrected chi connectivity index (χ3v) is 4.73. The predicted octanol–water partition coefficient (Wildman–Crippen LogP) is 4.71. The van der Waals surface area contributed by atoms with Crippen LogP contribution in [0.15, 0.2) is 42.7 Å². The number of aromatic nitrogens is 2. The second-order valence-electron chi connectivity index (χ2n) is 6.72. The number of carbonyl (C=O) groups is 1. The zero-order valence-electron chi connectivity index (χ0n) is 15.0. The Morgan fingerprint density at radius 3 is 2.39 bits per heavy atom. The quantitative estimate of drug-likeness (QED) is 0.682. The molecule has 1 aliphatic rings. The molecule has 0 aliphatic heterocycles. The van der Waals surface area contributed by atoms with Crippen molar-refractivity contribution in [3.8, 4) is 11.1 Å². The van der Waals surface area contributed by atoms with Gasteiger partial charge in [-0.25, -0.2) is 9.97 Å². The van der Waals surface area contributed by atoms with E-state index in [2.05, 4.69) is 20.6 Å². The molecule has 5 nitrogen and oxygen atoms in total. The van der Waals surface area contributed by atoms with Crippen LogP contribution in [0.3, 0.4) is 0 Å². The summed E-state index contributed by atoms with van der Waals surface area (Å²) >= 11 is 0. The third-order valence-electron chi connectivity index (χ3n) is 4.73. The summed E-state index contributed by atoms with van der Waals surface area (Å²) in [5.41, 5.74) is 0.547. The smallest absolute Gasteiger partial charge is 0.373 e. The van der Waals surface area contributed by atoms with E-state index in [0.29, 0.717) is 28.1 Å². The summed E-state index contributed by atoms with van der Waals surface area (Å²) in [6.45, 7) is 0. The number of nitrogens with one attached hydrogen (secondary N) is 2. The van der Waals surface area contributed by atoms with Gasteiger partial charge in [-0.05, 0) is 42.0 Å². The van der Waals surface area contributed by atoms with Crippen LogP contribution >= 0.6 is 0 Å². The number of hydrogen-bond acceptors (Lipinski definition) is 4. The van der Waals surface area contributed by atoms with E-state index < -0.39 is 11.7 Å². The van der Waals surface area contributed by atoms with Crippen LogP contribution in [-0.4, -0.2) is 22.9 Å². The molecular formula is C20H17F3N4O. The molecule has 0 saturated heterocycles. The van der Waals surface area contributed by atoms with Crippen molar-refractivity contribution in [2.45, 2.75) is 19.0 Å². The Hall–Kier alpha value is -3.16. The molecule has 1 saturated carbocycles. The van der Waals surface area contributed by atoms with Crippen LogP contribution in [0.25, 0.3) is 21.9 Å². The maximum atomic E-state index is 12.8. The Bertz CT molecular complexity index is 1040. The largest absolute Gasteiger partial charge is 0.416 e. The number of amides is 1. The van der Waals surface area contributed by atoms with E-state index >= 15 is 0 Å². The number of halogens is 3. The maximum absolute atomic E-state index is 12.8. The standard InChI is InChI=1S/C20H17F3N4O/c1-24-18-16-10-25-17(27-19(28)12-2-3-12)8-14(16)15(9-26-18)11-4-6-13(7-5-11)20(21,22)23/h4-10,12H,2-3H2,1H3,(H,24,26)(H,25,27,28). The molecule has 3 aromatic rings. The van der Waals surface area contributed by atoms with Gasteiger partial charge in [0.15, 0.2) is 0 Å². The number of pyridine rings is 2. The topological polar surface area (TPSA) is 66.9 Å². The minimum absolute atomic E-state index is 0.0391. The summed E-state index contributed by atoms with van der Waals surface area (Å²) in [5, 5.41) is 7.23. The first kappa shape index (κ1) is 18.2. The van der Waals surface area contributed by atoms with Gasteiger partial charge >= 0.3 is 6.18 Å². The molecule has 1 fully saturated rings. The van der Waals surface area contributed by atoms with E-state index in [0.717, 1.165) is 30.4 Å². The lowest BCUT2D eigenvalue weighted by atomic mass is 10.00. The number of carbonyl (C=O) groups excluding carboxylic acids is 1. The summed E-state index contributed by atoms with van der Waals surface area (Å²) in [4.78, 5) is 20.7. The fraction of sp³-hybridized carbons (Fsp3) is 0.250. The lowest BCUT2D eigenvalue weighted by Crippen LogP contribution is -2.14. The van der Waals surface area contributed by atoms with E-state index in [1.165, 1.54) is 12.1 Å². The van der Waals surface area contributed by atoms with E-state index in [1.54, 1.807) is 25.5 Å². The molecule has 0 radical (unpaired) electrons. The minimum atomic E-state index is -4.39. The molecule has 8 heteroatoms. The number of nitrogens with zero attached hydrogens (tertiary/aromatic N) is 2. The molecule has 28 heavy (non-hydrogen) atoms. The monoisotopic (exact) mass is 386 g/mol. The van der Waals surface area contributed by atoms with E-state index in [1.807, 2.05) is 0 Å². The summed E-state index contributed by atoms with van der Waals surface area (Å²) in [5.74, 6) is 0.979. The highest BCUT2D eigenvalue weighted by Crippen LogP contribution is 2.35. The molecule has 0 spiro atoms. The average Bonchev–Trinajstić information content (AvgIpc) is 3.52. The van der Waals surface area contributed by atoms with Crippen LogP contribution in [-0.2, 0) is 11.0 Å². The van der Waals surface area contributed by atoms with Gasteiger partial charge in [-0.3, -0.25) is 4.79 Å². The number of hydrogen-bond donors (Lipinski definition) is 2. The van der Waals surface area contributed by atoms with Crippen molar-refractivity contribution in [3.63, 3.8) is 0 Å². The molecule has 2 heterocycles. The van der Waals surface area contributed by atoms with Crippen LogP contribution in [0.4, 0.5) is 24.8 Å². The summed E-state index contributed by atoms with van der Waals surface area (Å²) < 4.78 is 38.5. The predicted molar refractivity (Wildman–Crippen MR) is 101 cm³/mol. The zero-order chi connectivity index (χ0) is 19.9. The van der Waals surface area contributed by atoms with Gasteiger partial charge in [0, 0.05) is 36.3 Å². The molecule has 4 rings (SSSR count). The van der Waals surface area contributed by atoms with Crippen LogP contribution in [0.5, 0.6) is 0 Å². The molecule has 0 unspecified atom stereocenters. The Labute approximate surface area is 159 Å². The molecule has 1 aliphatic carbocycles. The Balaban J connectivity index is 1.79. The fourth-order valence-electron chi connectivity index (χ4n) is 3.05. The minimum Gasteiger partial charge on any atom is -0.373 e. The highest BCUT2D eigenvalue weighted by Gasteiger charge is 2.31. The van der Waals surface area contributed by atoms with Gasteiger partial charge in [0.05, 0.1) is 5.56 Å². The van der Waals surface area contributed by atoms with Crippen LogP contribution in [0.2, 0.25) is 0 Å². The second-order valence-corrected chi connectivity index (χ2v) is 6.72. The van der Waals surface area contributed by atoms with Crippen LogP contribution in [0.1, 0.15) is 18.4 Å². The number of anilines is 2. The SMILES string of the molecule is CNc1ncc(-c2ccc(C(F)(F)F)cc2)c2cc(NC(=O)C3CC3)ncc12. The molecule has 144 valence electrons. The van der Waals surface area contributed by atoms with Crippen molar-refractivity contribution in [1.82, 2.24) is 9.97 Å². The Morgan fingerprint density at radius 2 is 1.79 bits per heavy atom. The first-order valence-electron chi connectivity index (χ1n) is 8.82. The number of alkyl halides is 3. The molecule has 0 bridgehead atoms. The Kier molecular flexibility index (Phi) is 4.41. The van der Waals surface area contributed by atoms with Gasteiger partial charge < -0.3 is 10.6 Å². The van der Waals surface area contributed by atoms with Gasteiger partial charge in [-0.15, -0.1) is 0 Å². The highest BCUT2D eigenvalue weighted by atomic mass is 19.4. The third kappa shape index (κ3) is 3.49. The van der Waals surface area contributed by atoms with Crippen molar-refractivity contribution in [3.05, 3.63) is 48.3 Å². The summed E-state index contributed by atoms with van der Waals surface area (Å²) in [6, 6.07) is 6.65. The summed E-state index contributed by atoms with van der Waals surface area (Å²) in [7, 11) is 1.72. The molecule has 1 aromatic carbocycles. The van der Waals surface area contributed by atoms with Crippen molar-refractivity contribution < 1.29 is 18.0 Å². The molecule has 1 amide bonds. The fourth-order valence-corrected chi connectivity index (χ4v) is 3.05. The van der Waals surface area contributed by atoms with Crippen molar-refractivity contribution >= 4 is 28.3 Å². The Morgan fingerprint density at radius 1 is 1.07 bits per heavy atom. The number of benzene rings is 1. The lowest BCUT2D eigenvalue weighted by molar-refractivity contribution is -0.137. The first-order valence-corrected chi connectivity index (χ1v) is 8.82. The van der Waals surface area contributed by atoms with Gasteiger partial charge in [0.2, 0.25) is 5.91 Å². The van der Waals surface area contributed by atoms with E-state index in [4.69, 9.17) is 0 Å². The summed E-state index contributed by atoms with van der Waals surface area (Å²) in [6.07, 6.45) is 0.570. The highest BCUT2D eigenvalue weighted by molar-refractivity contribution is 6.03. The van der Waals surface area contributed by atoms with Gasteiger partial charge in [-0.1, -0.05) is 12.1 Å². The zero-order valence-corrected chi connectivity index (χ0v) is 15.0. The lowest BCUT2D eigenvalue weighted by Gasteiger charge is -2.13. The van der Waals surface area contributed by atoms with E-state index in [-0.39, 0.29) is 11.8 Å². The molecule has 2 N–H and O–H groups in total. The number of rotatable bonds is 4. The molecular weight excluding hydrogens is 369 g/mol. The average molecular weight is 386 g/mol. The van der Waals surface area contributed by atoms with E-state index in [9.17, 15) is 18.0 Å². The second kappa shape index (κ2) is 6.78. The number of fused-ring (bicyclic) bond motifs is 1. The molecule has 0 atom stereocenters. The van der Waals surface area contributed by atoms with Crippen molar-refractivity contribution in [1.29, 1.82) is 0 Å². The van der Waals surface area contributed by atoms with Crippen molar-refractivity contribution in [2.75, 3.05) is 17.7 Å². The van der Waals surface area contributed by atoms with Gasteiger partial charge in [0.1, 0.15) is 11.6 Å². The first-order chi connectivity index (χ1) is 13.4. The van der Waals surface area contributed by atoms with Crippen LogP contribution < -0.4 is 10.6 Å². The van der Waals surface area contributed by atoms with Crippen LogP contribution in [0, 0.1) is 5.92 Å². The van der Waals surface area contributed by atoms with Gasteiger partial charge in [0.25, 0.3) is 0 Å². The normalized spacial score (nSPS) is 14.1. The molecule has 2 aromatic heterocycles. The van der Waals surface area contributed by atoms with Crippen molar-refractivity contribution in [2.24, 2.45) is 5.92 Å². The maximum Gasteiger partial charge on any atom is 0.416 e. The van der Waals surface area contributed by atoms with Gasteiger partial charge in [-0.2, -0.15) is 13.2 Å².